The first kappa shape index (κ1) is 17.2. The second kappa shape index (κ2) is 6.83. The zero-order valence-electron chi connectivity index (χ0n) is 15.4. The maximum atomic E-state index is 12.9. The van der Waals surface area contributed by atoms with Crippen molar-refractivity contribution in [3.63, 3.8) is 0 Å². The lowest BCUT2D eigenvalue weighted by molar-refractivity contribution is -0.148. The number of hydrogen-bond donors (Lipinski definition) is 1. The molecule has 140 valence electrons. The number of imide groups is 1. The van der Waals surface area contributed by atoms with Gasteiger partial charge >= 0.3 is 0 Å². The van der Waals surface area contributed by atoms with Crippen molar-refractivity contribution in [1.82, 2.24) is 29.8 Å². The maximum absolute atomic E-state index is 12.9. The van der Waals surface area contributed by atoms with Crippen molar-refractivity contribution in [3.8, 4) is 0 Å². The number of aromatic nitrogens is 4. The number of nitrogens with one attached hydrogen (secondary N) is 1. The van der Waals surface area contributed by atoms with Crippen LogP contribution in [-0.2, 0) is 23.2 Å². The van der Waals surface area contributed by atoms with Crippen molar-refractivity contribution in [1.29, 1.82) is 0 Å². The van der Waals surface area contributed by atoms with Crippen molar-refractivity contribution < 1.29 is 9.59 Å². The van der Waals surface area contributed by atoms with E-state index in [0.29, 0.717) is 13.1 Å². The maximum Gasteiger partial charge on any atom is 0.233 e. The predicted octanol–water partition coefficient (Wildman–Crippen LogP) is 0.986. The van der Waals surface area contributed by atoms with Crippen LogP contribution in [0.15, 0.2) is 6.20 Å². The van der Waals surface area contributed by atoms with Gasteiger partial charge in [-0.2, -0.15) is 10.2 Å². The molecule has 2 fully saturated rings. The second-order valence-corrected chi connectivity index (χ2v) is 7.44. The van der Waals surface area contributed by atoms with E-state index in [0.717, 1.165) is 49.0 Å². The molecule has 1 atom stereocenters. The van der Waals surface area contributed by atoms with Crippen molar-refractivity contribution in [2.45, 2.75) is 51.6 Å². The van der Waals surface area contributed by atoms with Gasteiger partial charge in [0, 0.05) is 26.1 Å². The normalized spacial score (nSPS) is 20.5. The zero-order chi connectivity index (χ0) is 18.3. The van der Waals surface area contributed by atoms with E-state index in [1.165, 1.54) is 0 Å². The lowest BCUT2D eigenvalue weighted by Crippen LogP contribution is -2.47. The number of hydrogen-bond acceptors (Lipinski definition) is 5. The molecule has 0 aromatic carbocycles. The lowest BCUT2D eigenvalue weighted by Gasteiger charge is -2.28. The van der Waals surface area contributed by atoms with E-state index >= 15 is 0 Å². The number of fused-ring (bicyclic) bond motifs is 1. The van der Waals surface area contributed by atoms with Gasteiger partial charge in [-0.1, -0.05) is 0 Å². The summed E-state index contributed by atoms with van der Waals surface area (Å²) in [7, 11) is 1.89. The molecule has 0 spiro atoms. The minimum absolute atomic E-state index is 0.00729. The first-order valence-electron chi connectivity index (χ1n) is 9.48. The van der Waals surface area contributed by atoms with Gasteiger partial charge in [0.15, 0.2) is 0 Å². The third-order valence-electron chi connectivity index (χ3n) is 5.41. The Bertz CT molecular complexity index is 828. The molecule has 2 aliphatic rings. The van der Waals surface area contributed by atoms with E-state index in [4.69, 9.17) is 0 Å². The largest absolute Gasteiger partial charge is 0.316 e. The Kier molecular flexibility index (Phi) is 4.52. The van der Waals surface area contributed by atoms with Gasteiger partial charge in [-0.05, 0) is 39.2 Å². The monoisotopic (exact) mass is 358 g/mol. The molecule has 8 heteroatoms. The molecule has 2 amide bonds. The summed E-state index contributed by atoms with van der Waals surface area (Å²) in [5.74, 6) is -0.133. The molecule has 4 rings (SSSR count). The highest BCUT2D eigenvalue weighted by Gasteiger charge is 2.39. The van der Waals surface area contributed by atoms with Gasteiger partial charge in [-0.3, -0.25) is 23.9 Å². The molecule has 1 saturated heterocycles. The molecule has 2 aromatic rings. The number of aryl methyl sites for hydroxylation is 3. The SMILES string of the molecule is Cc1nn(C)c2cnn(CCC(=O)N(C(=O)C3CCCNC3)C3CC3)c12. The molecule has 1 N–H and O–H groups in total. The first-order valence-corrected chi connectivity index (χ1v) is 9.48. The fraction of sp³-hybridized carbons (Fsp3) is 0.667. The summed E-state index contributed by atoms with van der Waals surface area (Å²) < 4.78 is 3.62. The van der Waals surface area contributed by atoms with Gasteiger partial charge in [0.05, 0.1) is 24.4 Å². The van der Waals surface area contributed by atoms with Crippen LogP contribution in [0.5, 0.6) is 0 Å². The Labute approximate surface area is 152 Å². The Morgan fingerprint density at radius 3 is 2.85 bits per heavy atom. The minimum atomic E-state index is -0.0757. The number of nitrogens with zero attached hydrogens (tertiary/aromatic N) is 5. The number of carbonyl (C=O) groups is 2. The second-order valence-electron chi connectivity index (χ2n) is 7.44. The summed E-state index contributed by atoms with van der Waals surface area (Å²) in [5, 5.41) is 12.1. The summed E-state index contributed by atoms with van der Waals surface area (Å²) in [4.78, 5) is 27.3. The molecule has 0 radical (unpaired) electrons. The molecule has 0 bridgehead atoms. The van der Waals surface area contributed by atoms with Crippen LogP contribution in [0.2, 0.25) is 0 Å². The van der Waals surface area contributed by atoms with Gasteiger partial charge in [-0.15, -0.1) is 0 Å². The van der Waals surface area contributed by atoms with Crippen molar-refractivity contribution in [3.05, 3.63) is 11.9 Å². The summed E-state index contributed by atoms with van der Waals surface area (Å²) in [6.45, 7) is 4.05. The van der Waals surface area contributed by atoms with E-state index in [2.05, 4.69) is 15.5 Å². The molecule has 3 heterocycles. The van der Waals surface area contributed by atoms with E-state index in [1.54, 1.807) is 15.8 Å². The number of rotatable bonds is 5. The molecule has 1 saturated carbocycles. The average molecular weight is 358 g/mol. The van der Waals surface area contributed by atoms with Gasteiger partial charge in [0.1, 0.15) is 11.0 Å². The van der Waals surface area contributed by atoms with Crippen LogP contribution < -0.4 is 5.32 Å². The molecule has 1 aliphatic carbocycles. The van der Waals surface area contributed by atoms with Gasteiger partial charge in [0.25, 0.3) is 0 Å². The molecule has 1 unspecified atom stereocenters. The van der Waals surface area contributed by atoms with Crippen LogP contribution in [0.4, 0.5) is 0 Å². The fourth-order valence-corrected chi connectivity index (χ4v) is 3.90. The van der Waals surface area contributed by atoms with Crippen LogP contribution in [0.25, 0.3) is 11.0 Å². The van der Waals surface area contributed by atoms with Crippen LogP contribution in [0.3, 0.4) is 0 Å². The third kappa shape index (κ3) is 3.13. The molecular formula is C18H26N6O2. The van der Waals surface area contributed by atoms with Crippen molar-refractivity contribution >= 4 is 22.8 Å². The Balaban J connectivity index is 1.45. The van der Waals surface area contributed by atoms with Crippen LogP contribution in [-0.4, -0.2) is 55.4 Å². The lowest BCUT2D eigenvalue weighted by atomic mass is 9.98. The molecule has 1 aliphatic heterocycles. The first-order chi connectivity index (χ1) is 12.6. The molecule has 2 aromatic heterocycles. The van der Waals surface area contributed by atoms with E-state index < -0.39 is 0 Å². The van der Waals surface area contributed by atoms with Crippen LogP contribution >= 0.6 is 0 Å². The molecule has 26 heavy (non-hydrogen) atoms. The zero-order valence-corrected chi connectivity index (χ0v) is 15.4. The highest BCUT2D eigenvalue weighted by Crippen LogP contribution is 2.30. The highest BCUT2D eigenvalue weighted by molar-refractivity contribution is 5.97. The van der Waals surface area contributed by atoms with Gasteiger partial charge in [0.2, 0.25) is 11.8 Å². The Morgan fingerprint density at radius 1 is 1.35 bits per heavy atom. The number of piperidine rings is 1. The smallest absolute Gasteiger partial charge is 0.233 e. The number of carbonyl (C=O) groups excluding carboxylic acids is 2. The van der Waals surface area contributed by atoms with Crippen molar-refractivity contribution in [2.24, 2.45) is 13.0 Å². The van der Waals surface area contributed by atoms with Gasteiger partial charge < -0.3 is 5.32 Å². The van der Waals surface area contributed by atoms with Crippen molar-refractivity contribution in [2.75, 3.05) is 13.1 Å². The molecular weight excluding hydrogens is 332 g/mol. The topological polar surface area (TPSA) is 85.1 Å². The van der Waals surface area contributed by atoms with E-state index in [-0.39, 0.29) is 30.2 Å². The predicted molar refractivity (Wildman–Crippen MR) is 96.3 cm³/mol. The van der Waals surface area contributed by atoms with E-state index in [1.807, 2.05) is 18.7 Å². The van der Waals surface area contributed by atoms with E-state index in [9.17, 15) is 9.59 Å². The minimum Gasteiger partial charge on any atom is -0.316 e. The summed E-state index contributed by atoms with van der Waals surface area (Å²) in [5.41, 5.74) is 2.82. The third-order valence-corrected chi connectivity index (χ3v) is 5.41. The summed E-state index contributed by atoms with van der Waals surface area (Å²) >= 11 is 0. The number of amides is 2. The summed E-state index contributed by atoms with van der Waals surface area (Å²) in [6.07, 6.45) is 5.80. The average Bonchev–Trinajstić information content (AvgIpc) is 3.30. The fourth-order valence-electron chi connectivity index (χ4n) is 3.90. The standard InChI is InChI=1S/C18H26N6O2/c1-12-17-15(22(2)21-12)11-20-23(17)9-7-16(25)24(14-5-6-14)18(26)13-4-3-8-19-10-13/h11,13-14,19H,3-10H2,1-2H3. The highest BCUT2D eigenvalue weighted by atomic mass is 16.2. The Hall–Kier alpha value is -2.22. The molecule has 8 nitrogen and oxygen atoms in total. The quantitative estimate of drug-likeness (QED) is 0.861. The van der Waals surface area contributed by atoms with Crippen LogP contribution in [0.1, 0.15) is 37.8 Å². The summed E-state index contributed by atoms with van der Waals surface area (Å²) in [6, 6.07) is 0.106. The van der Waals surface area contributed by atoms with Crippen LogP contribution in [0, 0.1) is 12.8 Å². The van der Waals surface area contributed by atoms with Gasteiger partial charge in [-0.25, -0.2) is 0 Å². The Morgan fingerprint density at radius 2 is 2.15 bits per heavy atom.